The minimum atomic E-state index is 0.857. The largest absolute Gasteiger partial charge is 0.456 e. The fraction of sp³-hybridized carbons (Fsp3) is 0. The Labute approximate surface area is 330 Å². The van der Waals surface area contributed by atoms with Gasteiger partial charge >= 0.3 is 0 Å². The number of rotatable bonds is 7. The summed E-state index contributed by atoms with van der Waals surface area (Å²) in [6, 6.07) is 75.1. The summed E-state index contributed by atoms with van der Waals surface area (Å²) in [5, 5.41) is 4.42. The van der Waals surface area contributed by atoms with E-state index in [0.29, 0.717) is 0 Å². The van der Waals surface area contributed by atoms with Crippen molar-refractivity contribution in [1.82, 2.24) is 0 Å². The quantitative estimate of drug-likeness (QED) is 0.164. The summed E-state index contributed by atoms with van der Waals surface area (Å²) < 4.78 is 13.0. The molecule has 0 aliphatic carbocycles. The SMILES string of the molecule is c1ccc(-c2ccc(N(c3ccc(-c4ccccc4)cc3)c3ccc(-c4ccc(-c5ccc6c(c5)oc5ccccc56)cc4)c4oc5ccccc5c34)cc2)cc1. The fourth-order valence-corrected chi connectivity index (χ4v) is 8.27. The van der Waals surface area contributed by atoms with E-state index in [1.54, 1.807) is 0 Å². The van der Waals surface area contributed by atoms with E-state index in [9.17, 15) is 0 Å². The van der Waals surface area contributed by atoms with Gasteiger partial charge in [-0.1, -0.05) is 152 Å². The molecule has 11 aromatic rings. The maximum atomic E-state index is 6.81. The lowest BCUT2D eigenvalue weighted by Gasteiger charge is -2.27. The molecular weight excluding hydrogens is 695 g/mol. The minimum absolute atomic E-state index is 0.857. The molecule has 0 spiro atoms. The van der Waals surface area contributed by atoms with Crippen molar-refractivity contribution in [2.45, 2.75) is 0 Å². The van der Waals surface area contributed by atoms with E-state index in [1.165, 1.54) is 22.3 Å². The van der Waals surface area contributed by atoms with Crippen LogP contribution in [0.1, 0.15) is 0 Å². The molecule has 0 N–H and O–H groups in total. The van der Waals surface area contributed by atoms with Crippen LogP contribution in [0.2, 0.25) is 0 Å². The van der Waals surface area contributed by atoms with E-state index in [2.05, 4.69) is 199 Å². The first kappa shape index (κ1) is 32.8. The predicted molar refractivity (Wildman–Crippen MR) is 237 cm³/mol. The number of hydrogen-bond acceptors (Lipinski definition) is 3. The molecule has 11 rings (SSSR count). The van der Waals surface area contributed by atoms with Gasteiger partial charge < -0.3 is 13.7 Å². The van der Waals surface area contributed by atoms with Crippen LogP contribution in [0.3, 0.4) is 0 Å². The van der Waals surface area contributed by atoms with Crippen molar-refractivity contribution in [3.63, 3.8) is 0 Å². The lowest BCUT2D eigenvalue weighted by molar-refractivity contribution is 0.669. The summed E-state index contributed by atoms with van der Waals surface area (Å²) in [5.74, 6) is 0. The minimum Gasteiger partial charge on any atom is -0.456 e. The van der Waals surface area contributed by atoms with E-state index in [-0.39, 0.29) is 0 Å². The van der Waals surface area contributed by atoms with Gasteiger partial charge in [0, 0.05) is 33.1 Å². The van der Waals surface area contributed by atoms with Crippen LogP contribution in [0.15, 0.2) is 221 Å². The smallest absolute Gasteiger partial charge is 0.145 e. The standard InChI is InChI=1S/C54H35NO2/c1-3-11-36(12-4-1)38-23-28-43(29-24-38)55(44-30-25-39(26-31-44)37-13-5-2-6-14-37)49-34-33-45(54-53(49)48-16-8-10-18-51(48)57-54)41-21-19-40(20-22-41)42-27-32-47-46-15-7-9-17-50(46)56-52(47)35-42/h1-35H. The second-order valence-corrected chi connectivity index (χ2v) is 14.5. The molecule has 0 fully saturated rings. The highest BCUT2D eigenvalue weighted by Crippen LogP contribution is 2.47. The molecule has 0 atom stereocenters. The number of nitrogens with zero attached hydrogens (tertiary/aromatic N) is 1. The third-order valence-electron chi connectivity index (χ3n) is 11.1. The lowest BCUT2D eigenvalue weighted by atomic mass is 9.97. The maximum absolute atomic E-state index is 6.81. The summed E-state index contributed by atoms with van der Waals surface area (Å²) in [6.45, 7) is 0. The Morgan fingerprint density at radius 2 is 0.754 bits per heavy atom. The number of furan rings is 2. The highest BCUT2D eigenvalue weighted by molar-refractivity contribution is 6.17. The first-order chi connectivity index (χ1) is 28.2. The highest BCUT2D eigenvalue weighted by Gasteiger charge is 2.22. The van der Waals surface area contributed by atoms with Gasteiger partial charge in [-0.2, -0.15) is 0 Å². The molecule has 0 saturated carbocycles. The number of para-hydroxylation sites is 2. The predicted octanol–water partition coefficient (Wildman–Crippen LogP) is 15.6. The van der Waals surface area contributed by atoms with Crippen LogP contribution in [0.4, 0.5) is 17.1 Å². The third-order valence-corrected chi connectivity index (χ3v) is 11.1. The Bertz CT molecular complexity index is 3110. The van der Waals surface area contributed by atoms with Gasteiger partial charge in [0.2, 0.25) is 0 Å². The highest BCUT2D eigenvalue weighted by atomic mass is 16.3. The third kappa shape index (κ3) is 5.76. The van der Waals surface area contributed by atoms with E-state index in [1.807, 2.05) is 18.2 Å². The first-order valence-corrected chi connectivity index (χ1v) is 19.3. The van der Waals surface area contributed by atoms with Crippen LogP contribution in [-0.2, 0) is 0 Å². The van der Waals surface area contributed by atoms with Crippen LogP contribution < -0.4 is 4.90 Å². The van der Waals surface area contributed by atoms with Crippen molar-refractivity contribution in [2.24, 2.45) is 0 Å². The summed E-state index contributed by atoms with van der Waals surface area (Å²) in [4.78, 5) is 2.36. The van der Waals surface area contributed by atoms with E-state index >= 15 is 0 Å². The average molecular weight is 730 g/mol. The van der Waals surface area contributed by atoms with Crippen LogP contribution in [0.5, 0.6) is 0 Å². The average Bonchev–Trinajstić information content (AvgIpc) is 3.87. The molecule has 0 radical (unpaired) electrons. The molecule has 57 heavy (non-hydrogen) atoms. The molecule has 9 aromatic carbocycles. The topological polar surface area (TPSA) is 29.5 Å². The molecule has 0 aliphatic rings. The van der Waals surface area contributed by atoms with Crippen LogP contribution in [0.25, 0.3) is 88.4 Å². The zero-order valence-corrected chi connectivity index (χ0v) is 31.0. The molecule has 0 unspecified atom stereocenters. The van der Waals surface area contributed by atoms with Crippen molar-refractivity contribution >= 4 is 60.9 Å². The second-order valence-electron chi connectivity index (χ2n) is 14.5. The van der Waals surface area contributed by atoms with Crippen LogP contribution in [-0.4, -0.2) is 0 Å². The molecule has 0 aliphatic heterocycles. The molecule has 0 saturated heterocycles. The molecule has 0 bridgehead atoms. The Morgan fingerprint density at radius 3 is 1.39 bits per heavy atom. The van der Waals surface area contributed by atoms with Crippen LogP contribution >= 0.6 is 0 Å². The van der Waals surface area contributed by atoms with Gasteiger partial charge in [0.15, 0.2) is 0 Å². The molecule has 3 nitrogen and oxygen atoms in total. The van der Waals surface area contributed by atoms with Crippen LogP contribution in [0, 0.1) is 0 Å². The van der Waals surface area contributed by atoms with E-state index < -0.39 is 0 Å². The molecule has 0 amide bonds. The second kappa shape index (κ2) is 13.6. The number of benzene rings is 9. The van der Waals surface area contributed by atoms with Crippen molar-refractivity contribution < 1.29 is 8.83 Å². The molecule has 2 heterocycles. The zero-order chi connectivity index (χ0) is 37.7. The Morgan fingerprint density at radius 1 is 0.298 bits per heavy atom. The van der Waals surface area contributed by atoms with Gasteiger partial charge in [-0.25, -0.2) is 0 Å². The Hall–Kier alpha value is -7.62. The summed E-state index contributed by atoms with van der Waals surface area (Å²) in [7, 11) is 0. The van der Waals surface area contributed by atoms with E-state index in [0.717, 1.165) is 83.2 Å². The van der Waals surface area contributed by atoms with Crippen molar-refractivity contribution in [3.8, 4) is 44.5 Å². The Kier molecular flexibility index (Phi) is 7.82. The molecule has 268 valence electrons. The van der Waals surface area contributed by atoms with Crippen molar-refractivity contribution in [1.29, 1.82) is 0 Å². The fourth-order valence-electron chi connectivity index (χ4n) is 8.27. The van der Waals surface area contributed by atoms with Crippen molar-refractivity contribution in [2.75, 3.05) is 4.90 Å². The van der Waals surface area contributed by atoms with Gasteiger partial charge in [-0.05, 0) is 99.6 Å². The molecule has 3 heteroatoms. The first-order valence-electron chi connectivity index (χ1n) is 19.3. The van der Waals surface area contributed by atoms with Gasteiger partial charge in [0.25, 0.3) is 0 Å². The number of anilines is 3. The summed E-state index contributed by atoms with van der Waals surface area (Å²) in [5.41, 5.74) is 15.8. The van der Waals surface area contributed by atoms with Gasteiger partial charge in [0.1, 0.15) is 22.3 Å². The maximum Gasteiger partial charge on any atom is 0.145 e. The van der Waals surface area contributed by atoms with Gasteiger partial charge in [-0.15, -0.1) is 0 Å². The zero-order valence-electron chi connectivity index (χ0n) is 31.0. The normalized spacial score (nSPS) is 11.5. The van der Waals surface area contributed by atoms with Gasteiger partial charge in [0.05, 0.1) is 11.1 Å². The van der Waals surface area contributed by atoms with Crippen molar-refractivity contribution in [3.05, 3.63) is 212 Å². The lowest BCUT2D eigenvalue weighted by Crippen LogP contribution is -2.10. The number of hydrogen-bond donors (Lipinski definition) is 0. The molecule has 2 aromatic heterocycles. The summed E-state index contributed by atoms with van der Waals surface area (Å²) in [6.07, 6.45) is 0. The Balaban J connectivity index is 1.04. The molecular formula is C54H35NO2. The monoisotopic (exact) mass is 729 g/mol. The van der Waals surface area contributed by atoms with Gasteiger partial charge in [-0.3, -0.25) is 0 Å². The number of fused-ring (bicyclic) bond motifs is 6. The summed E-state index contributed by atoms with van der Waals surface area (Å²) >= 11 is 0. The van der Waals surface area contributed by atoms with E-state index in [4.69, 9.17) is 8.83 Å².